The molecule has 9 heteroatoms. The number of amides is 1. The van der Waals surface area contributed by atoms with Crippen LogP contribution in [0.4, 0.5) is 17.5 Å². The summed E-state index contributed by atoms with van der Waals surface area (Å²) in [5, 5.41) is 12.2. The van der Waals surface area contributed by atoms with Crippen LogP contribution in [0.15, 0.2) is 24.4 Å². The number of aromatic nitrogens is 3. The van der Waals surface area contributed by atoms with Crippen molar-refractivity contribution in [3.8, 4) is 0 Å². The Morgan fingerprint density at radius 2 is 1.92 bits per heavy atom. The number of nitrogens with one attached hydrogen (secondary N) is 1. The van der Waals surface area contributed by atoms with Crippen LogP contribution in [-0.4, -0.2) is 52.2 Å². The van der Waals surface area contributed by atoms with Gasteiger partial charge in [-0.15, -0.1) is 5.10 Å². The highest BCUT2D eigenvalue weighted by atomic mass is 35.5. The van der Waals surface area contributed by atoms with Gasteiger partial charge < -0.3 is 15.1 Å². The maximum atomic E-state index is 11.4. The van der Waals surface area contributed by atoms with Crippen molar-refractivity contribution in [1.82, 2.24) is 20.1 Å². The number of carbonyl (C=O) groups excluding carboxylic acids is 1. The molecule has 1 N–H and O–H groups in total. The summed E-state index contributed by atoms with van der Waals surface area (Å²) in [7, 11) is 0. The number of nitrogens with zero attached hydrogens (tertiary/aromatic N) is 5. The Balaban J connectivity index is 1.70. The molecule has 0 unspecified atom stereocenters. The maximum absolute atomic E-state index is 11.4. The van der Waals surface area contributed by atoms with E-state index < -0.39 is 0 Å². The van der Waals surface area contributed by atoms with Crippen LogP contribution in [0.1, 0.15) is 6.92 Å². The number of benzene rings is 1. The van der Waals surface area contributed by atoms with Gasteiger partial charge >= 0.3 is 0 Å². The van der Waals surface area contributed by atoms with E-state index in [9.17, 15) is 4.79 Å². The number of anilines is 3. The van der Waals surface area contributed by atoms with Crippen molar-refractivity contribution >= 4 is 46.6 Å². The minimum absolute atomic E-state index is 0.0868. The fraction of sp³-hybridized carbons (Fsp3) is 0.333. The Bertz CT molecular complexity index is 748. The summed E-state index contributed by atoms with van der Waals surface area (Å²) in [5.74, 6) is 1.18. The average molecular weight is 367 g/mol. The molecule has 1 fully saturated rings. The predicted octanol–water partition coefficient (Wildman–Crippen LogP) is 2.59. The molecule has 1 amide bonds. The molecule has 0 saturated carbocycles. The topological polar surface area (TPSA) is 74.2 Å². The highest BCUT2D eigenvalue weighted by Crippen LogP contribution is 2.26. The zero-order valence-electron chi connectivity index (χ0n) is 13.0. The van der Waals surface area contributed by atoms with Crippen LogP contribution in [0.25, 0.3) is 0 Å². The lowest BCUT2D eigenvalue weighted by atomic mass is 10.3. The van der Waals surface area contributed by atoms with Crippen molar-refractivity contribution in [1.29, 1.82) is 0 Å². The van der Waals surface area contributed by atoms with Gasteiger partial charge in [-0.1, -0.05) is 23.2 Å². The molecule has 2 aromatic rings. The molecular formula is C15H16Cl2N6O. The molecule has 7 nitrogen and oxygen atoms in total. The lowest BCUT2D eigenvalue weighted by Crippen LogP contribution is -2.48. The van der Waals surface area contributed by atoms with Crippen LogP contribution in [0.2, 0.25) is 10.0 Å². The summed E-state index contributed by atoms with van der Waals surface area (Å²) >= 11 is 11.9. The van der Waals surface area contributed by atoms with E-state index in [0.29, 0.717) is 48.0 Å². The van der Waals surface area contributed by atoms with Crippen LogP contribution >= 0.6 is 23.2 Å². The second kappa shape index (κ2) is 7.19. The van der Waals surface area contributed by atoms with Crippen molar-refractivity contribution < 1.29 is 4.79 Å². The molecule has 0 bridgehead atoms. The van der Waals surface area contributed by atoms with Crippen LogP contribution < -0.4 is 10.2 Å². The third-order valence-electron chi connectivity index (χ3n) is 3.75. The molecule has 126 valence electrons. The van der Waals surface area contributed by atoms with Crippen LogP contribution in [0.5, 0.6) is 0 Å². The SMILES string of the molecule is CC(=O)N1CCN(c2nncc(Nc3ccc(Cl)c(Cl)c3)n2)CC1. The molecule has 24 heavy (non-hydrogen) atoms. The van der Waals surface area contributed by atoms with Gasteiger partial charge in [0.05, 0.1) is 16.2 Å². The Labute approximate surface area is 149 Å². The fourth-order valence-electron chi connectivity index (χ4n) is 2.43. The molecule has 1 saturated heterocycles. The second-order valence-electron chi connectivity index (χ2n) is 5.39. The first kappa shape index (κ1) is 16.7. The van der Waals surface area contributed by atoms with E-state index in [4.69, 9.17) is 23.2 Å². The monoisotopic (exact) mass is 366 g/mol. The van der Waals surface area contributed by atoms with Gasteiger partial charge in [-0.25, -0.2) is 0 Å². The lowest BCUT2D eigenvalue weighted by molar-refractivity contribution is -0.129. The van der Waals surface area contributed by atoms with E-state index in [1.54, 1.807) is 19.1 Å². The summed E-state index contributed by atoms with van der Waals surface area (Å²) < 4.78 is 0. The second-order valence-corrected chi connectivity index (χ2v) is 6.20. The predicted molar refractivity (Wildman–Crippen MR) is 94.0 cm³/mol. The first-order chi connectivity index (χ1) is 11.5. The van der Waals surface area contributed by atoms with Gasteiger partial charge in [-0.2, -0.15) is 10.1 Å². The number of carbonyl (C=O) groups is 1. The van der Waals surface area contributed by atoms with E-state index >= 15 is 0 Å². The number of hydrogen-bond acceptors (Lipinski definition) is 6. The third-order valence-corrected chi connectivity index (χ3v) is 4.49. The van der Waals surface area contributed by atoms with Gasteiger partial charge in [0.1, 0.15) is 0 Å². The number of halogens is 2. The van der Waals surface area contributed by atoms with E-state index in [2.05, 4.69) is 20.5 Å². The molecular weight excluding hydrogens is 351 g/mol. The Hall–Kier alpha value is -2.12. The molecule has 1 aliphatic rings. The van der Waals surface area contributed by atoms with Crippen LogP contribution in [-0.2, 0) is 4.79 Å². The Kier molecular flexibility index (Phi) is 5.01. The van der Waals surface area contributed by atoms with Gasteiger partial charge in [0, 0.05) is 38.8 Å². The standard InChI is InChI=1S/C15H16Cl2N6O/c1-10(24)22-4-6-23(7-5-22)15-20-14(9-18-21-15)19-11-2-3-12(16)13(17)8-11/h2-3,8-9H,4-7H2,1H3,(H,19,20,21). The van der Waals surface area contributed by atoms with Gasteiger partial charge in [0.2, 0.25) is 11.9 Å². The van der Waals surface area contributed by atoms with Crippen molar-refractivity contribution in [3.05, 3.63) is 34.4 Å². The van der Waals surface area contributed by atoms with Gasteiger partial charge in [-0.3, -0.25) is 4.79 Å². The summed E-state index contributed by atoms with van der Waals surface area (Å²) in [5.41, 5.74) is 0.761. The smallest absolute Gasteiger partial charge is 0.247 e. The molecule has 1 aliphatic heterocycles. The summed E-state index contributed by atoms with van der Waals surface area (Å²) in [6, 6.07) is 5.24. The minimum Gasteiger partial charge on any atom is -0.339 e. The molecule has 3 rings (SSSR count). The molecule has 0 aliphatic carbocycles. The Morgan fingerprint density at radius 3 is 2.58 bits per heavy atom. The summed E-state index contributed by atoms with van der Waals surface area (Å²) in [4.78, 5) is 19.7. The molecule has 1 aromatic carbocycles. The van der Waals surface area contributed by atoms with E-state index in [1.165, 1.54) is 6.20 Å². The number of piperazine rings is 1. The molecule has 1 aromatic heterocycles. The van der Waals surface area contributed by atoms with Crippen molar-refractivity contribution in [2.45, 2.75) is 6.92 Å². The Morgan fingerprint density at radius 1 is 1.17 bits per heavy atom. The zero-order valence-corrected chi connectivity index (χ0v) is 14.5. The highest BCUT2D eigenvalue weighted by molar-refractivity contribution is 6.42. The lowest BCUT2D eigenvalue weighted by Gasteiger charge is -2.33. The van der Waals surface area contributed by atoms with Crippen molar-refractivity contribution in [2.24, 2.45) is 0 Å². The third kappa shape index (κ3) is 3.85. The van der Waals surface area contributed by atoms with E-state index in [1.807, 2.05) is 15.9 Å². The fourth-order valence-corrected chi connectivity index (χ4v) is 2.73. The number of rotatable bonds is 3. The maximum Gasteiger partial charge on any atom is 0.247 e. The molecule has 2 heterocycles. The van der Waals surface area contributed by atoms with Crippen LogP contribution in [0, 0.1) is 0 Å². The van der Waals surface area contributed by atoms with Gasteiger partial charge in [0.25, 0.3) is 0 Å². The molecule has 0 atom stereocenters. The van der Waals surface area contributed by atoms with Gasteiger partial charge in [0.15, 0.2) is 5.82 Å². The van der Waals surface area contributed by atoms with Crippen LogP contribution in [0.3, 0.4) is 0 Å². The van der Waals surface area contributed by atoms with E-state index in [0.717, 1.165) is 5.69 Å². The van der Waals surface area contributed by atoms with Crippen molar-refractivity contribution in [2.75, 3.05) is 36.4 Å². The molecule has 0 radical (unpaired) electrons. The summed E-state index contributed by atoms with van der Waals surface area (Å²) in [6.45, 7) is 4.25. The normalized spacial score (nSPS) is 14.6. The highest BCUT2D eigenvalue weighted by Gasteiger charge is 2.20. The first-order valence-electron chi connectivity index (χ1n) is 7.45. The zero-order chi connectivity index (χ0) is 17.1. The number of hydrogen-bond donors (Lipinski definition) is 1. The summed E-state index contributed by atoms with van der Waals surface area (Å²) in [6.07, 6.45) is 1.54. The first-order valence-corrected chi connectivity index (χ1v) is 8.21. The largest absolute Gasteiger partial charge is 0.339 e. The minimum atomic E-state index is 0.0868. The quantitative estimate of drug-likeness (QED) is 0.899. The van der Waals surface area contributed by atoms with Crippen molar-refractivity contribution in [3.63, 3.8) is 0 Å². The average Bonchev–Trinajstić information content (AvgIpc) is 2.58. The molecule has 0 spiro atoms. The van der Waals surface area contributed by atoms with Gasteiger partial charge in [-0.05, 0) is 18.2 Å². The van der Waals surface area contributed by atoms with E-state index in [-0.39, 0.29) is 5.91 Å².